The lowest BCUT2D eigenvalue weighted by atomic mass is 9.99. The van der Waals surface area contributed by atoms with Crippen LogP contribution in [0.2, 0.25) is 0 Å². The molecule has 0 amide bonds. The van der Waals surface area contributed by atoms with Crippen molar-refractivity contribution in [3.8, 4) is 0 Å². The first-order chi connectivity index (χ1) is 9.90. The van der Waals surface area contributed by atoms with E-state index in [2.05, 4.69) is 39.3 Å². The molecule has 2 aromatic heterocycles. The maximum atomic E-state index is 4.39. The van der Waals surface area contributed by atoms with Crippen LogP contribution in [0.1, 0.15) is 24.4 Å². The van der Waals surface area contributed by atoms with Crippen molar-refractivity contribution in [1.29, 1.82) is 0 Å². The molecular formula is C16H16N4. The minimum absolute atomic E-state index is 0.00713. The van der Waals surface area contributed by atoms with Gasteiger partial charge in [-0.05, 0) is 29.6 Å². The van der Waals surface area contributed by atoms with Crippen molar-refractivity contribution in [2.75, 3.05) is 6.54 Å². The second-order valence-corrected chi connectivity index (χ2v) is 4.54. The van der Waals surface area contributed by atoms with Crippen LogP contribution in [-0.4, -0.2) is 21.5 Å². The first-order valence-electron chi connectivity index (χ1n) is 6.73. The fourth-order valence-corrected chi connectivity index (χ4v) is 2.40. The summed E-state index contributed by atoms with van der Waals surface area (Å²) >= 11 is 0. The number of nitrogens with one attached hydrogen (secondary N) is 1. The van der Waals surface area contributed by atoms with E-state index in [4.69, 9.17) is 0 Å². The van der Waals surface area contributed by atoms with E-state index >= 15 is 0 Å². The van der Waals surface area contributed by atoms with Gasteiger partial charge in [0.15, 0.2) is 0 Å². The standard InChI is InChI=1S/C16H16N4/c1-2-18-15(16-19-8-4-9-20-16)14-6-3-5-12-11-17-10-7-13(12)14/h3-11,15,18H,2H2,1H3. The number of nitrogens with zero attached hydrogens (tertiary/aromatic N) is 3. The quantitative estimate of drug-likeness (QED) is 0.787. The number of benzene rings is 1. The highest BCUT2D eigenvalue weighted by Gasteiger charge is 2.17. The third-order valence-corrected chi connectivity index (χ3v) is 3.28. The molecule has 3 rings (SSSR count). The van der Waals surface area contributed by atoms with Crippen LogP contribution in [0.4, 0.5) is 0 Å². The Morgan fingerprint density at radius 2 is 1.90 bits per heavy atom. The maximum Gasteiger partial charge on any atom is 0.149 e. The number of fused-ring (bicyclic) bond motifs is 1. The largest absolute Gasteiger partial charge is 0.304 e. The fourth-order valence-electron chi connectivity index (χ4n) is 2.40. The van der Waals surface area contributed by atoms with Gasteiger partial charge in [-0.2, -0.15) is 0 Å². The number of pyridine rings is 1. The van der Waals surface area contributed by atoms with Crippen molar-refractivity contribution in [1.82, 2.24) is 20.3 Å². The van der Waals surface area contributed by atoms with Gasteiger partial charge in [-0.25, -0.2) is 9.97 Å². The highest BCUT2D eigenvalue weighted by atomic mass is 15.0. The number of hydrogen-bond acceptors (Lipinski definition) is 4. The van der Waals surface area contributed by atoms with Crippen molar-refractivity contribution >= 4 is 10.8 Å². The molecule has 1 N–H and O–H groups in total. The monoisotopic (exact) mass is 264 g/mol. The van der Waals surface area contributed by atoms with Gasteiger partial charge < -0.3 is 5.32 Å². The zero-order valence-corrected chi connectivity index (χ0v) is 11.3. The Bertz CT molecular complexity index is 692. The summed E-state index contributed by atoms with van der Waals surface area (Å²) in [6.07, 6.45) is 7.26. The maximum absolute atomic E-state index is 4.39. The molecule has 0 bridgehead atoms. The van der Waals surface area contributed by atoms with Gasteiger partial charge in [-0.3, -0.25) is 4.98 Å². The molecule has 4 heteroatoms. The lowest BCUT2D eigenvalue weighted by molar-refractivity contribution is 0.601. The van der Waals surface area contributed by atoms with Crippen LogP contribution in [-0.2, 0) is 0 Å². The third-order valence-electron chi connectivity index (χ3n) is 3.28. The van der Waals surface area contributed by atoms with Crippen molar-refractivity contribution in [3.63, 3.8) is 0 Å². The molecule has 1 atom stereocenters. The molecule has 2 heterocycles. The molecule has 20 heavy (non-hydrogen) atoms. The average molecular weight is 264 g/mol. The molecule has 3 aromatic rings. The topological polar surface area (TPSA) is 50.7 Å². The highest BCUT2D eigenvalue weighted by molar-refractivity contribution is 5.85. The molecule has 0 saturated heterocycles. The minimum Gasteiger partial charge on any atom is -0.304 e. The van der Waals surface area contributed by atoms with E-state index in [0.717, 1.165) is 17.8 Å². The Morgan fingerprint density at radius 1 is 1.05 bits per heavy atom. The summed E-state index contributed by atoms with van der Waals surface area (Å²) in [6, 6.07) is 10.1. The normalized spacial score (nSPS) is 12.4. The van der Waals surface area contributed by atoms with Crippen molar-refractivity contribution in [2.24, 2.45) is 0 Å². The summed E-state index contributed by atoms with van der Waals surface area (Å²) in [5.41, 5.74) is 1.18. The molecule has 0 aliphatic heterocycles. The molecule has 1 aromatic carbocycles. The Labute approximate surface area is 117 Å². The van der Waals surface area contributed by atoms with Crippen LogP contribution in [0.5, 0.6) is 0 Å². The van der Waals surface area contributed by atoms with Gasteiger partial charge in [-0.1, -0.05) is 25.1 Å². The third kappa shape index (κ3) is 2.38. The molecular weight excluding hydrogens is 248 g/mol. The Hall–Kier alpha value is -2.33. The first kappa shape index (κ1) is 12.7. The summed E-state index contributed by atoms with van der Waals surface area (Å²) in [6.45, 7) is 2.94. The molecule has 1 unspecified atom stereocenters. The van der Waals surface area contributed by atoms with Gasteiger partial charge >= 0.3 is 0 Å². The van der Waals surface area contributed by atoms with Crippen LogP contribution in [0, 0.1) is 0 Å². The molecule has 0 aliphatic carbocycles. The Balaban J connectivity index is 2.15. The van der Waals surface area contributed by atoms with E-state index in [-0.39, 0.29) is 6.04 Å². The van der Waals surface area contributed by atoms with E-state index < -0.39 is 0 Å². The van der Waals surface area contributed by atoms with Gasteiger partial charge in [0.1, 0.15) is 5.82 Å². The first-order valence-corrected chi connectivity index (χ1v) is 6.73. The van der Waals surface area contributed by atoms with Crippen molar-refractivity contribution in [2.45, 2.75) is 13.0 Å². The molecule has 0 fully saturated rings. The van der Waals surface area contributed by atoms with Crippen LogP contribution in [0.25, 0.3) is 10.8 Å². The molecule has 4 nitrogen and oxygen atoms in total. The zero-order chi connectivity index (χ0) is 13.8. The second-order valence-electron chi connectivity index (χ2n) is 4.54. The lowest BCUT2D eigenvalue weighted by Gasteiger charge is -2.18. The fraction of sp³-hybridized carbons (Fsp3) is 0.188. The van der Waals surface area contributed by atoms with Gasteiger partial charge in [0.25, 0.3) is 0 Å². The predicted molar refractivity (Wildman–Crippen MR) is 79.3 cm³/mol. The van der Waals surface area contributed by atoms with Crippen LogP contribution in [0.15, 0.2) is 55.1 Å². The van der Waals surface area contributed by atoms with E-state index in [1.54, 1.807) is 12.4 Å². The number of hydrogen-bond donors (Lipinski definition) is 1. The number of rotatable bonds is 4. The Kier molecular flexibility index (Phi) is 3.65. The SMILES string of the molecule is CCNC(c1ncccn1)c1cccc2cnccc12. The van der Waals surface area contributed by atoms with E-state index in [1.807, 2.05) is 30.6 Å². The highest BCUT2D eigenvalue weighted by Crippen LogP contribution is 2.26. The Morgan fingerprint density at radius 3 is 2.70 bits per heavy atom. The van der Waals surface area contributed by atoms with Crippen LogP contribution >= 0.6 is 0 Å². The van der Waals surface area contributed by atoms with E-state index in [1.165, 1.54) is 10.9 Å². The van der Waals surface area contributed by atoms with Crippen LogP contribution in [0.3, 0.4) is 0 Å². The van der Waals surface area contributed by atoms with Gasteiger partial charge in [0.2, 0.25) is 0 Å². The number of aromatic nitrogens is 3. The summed E-state index contributed by atoms with van der Waals surface area (Å²) in [5.74, 6) is 0.790. The average Bonchev–Trinajstić information content (AvgIpc) is 2.53. The minimum atomic E-state index is -0.00713. The summed E-state index contributed by atoms with van der Waals surface area (Å²) in [7, 11) is 0. The molecule has 0 aliphatic rings. The van der Waals surface area contributed by atoms with Gasteiger partial charge in [0.05, 0.1) is 6.04 Å². The van der Waals surface area contributed by atoms with E-state index in [0.29, 0.717) is 0 Å². The second kappa shape index (κ2) is 5.75. The smallest absolute Gasteiger partial charge is 0.149 e. The van der Waals surface area contributed by atoms with Crippen molar-refractivity contribution < 1.29 is 0 Å². The summed E-state index contributed by atoms with van der Waals surface area (Å²) in [5, 5.41) is 5.77. The summed E-state index contributed by atoms with van der Waals surface area (Å²) < 4.78 is 0. The molecule has 0 saturated carbocycles. The predicted octanol–water partition coefficient (Wildman–Crippen LogP) is 2.72. The lowest BCUT2D eigenvalue weighted by Crippen LogP contribution is -2.24. The summed E-state index contributed by atoms with van der Waals surface area (Å²) in [4.78, 5) is 13.0. The van der Waals surface area contributed by atoms with Gasteiger partial charge in [0, 0.05) is 30.2 Å². The van der Waals surface area contributed by atoms with E-state index in [9.17, 15) is 0 Å². The zero-order valence-electron chi connectivity index (χ0n) is 11.3. The molecule has 0 radical (unpaired) electrons. The van der Waals surface area contributed by atoms with Gasteiger partial charge in [-0.15, -0.1) is 0 Å². The molecule has 100 valence electrons. The van der Waals surface area contributed by atoms with Crippen molar-refractivity contribution in [3.05, 3.63) is 66.5 Å². The van der Waals surface area contributed by atoms with Crippen LogP contribution < -0.4 is 5.32 Å². The molecule has 0 spiro atoms.